The van der Waals surface area contributed by atoms with Crippen molar-refractivity contribution in [1.82, 2.24) is 4.98 Å². The molecule has 2 N–H and O–H groups in total. The van der Waals surface area contributed by atoms with E-state index in [0.717, 1.165) is 12.1 Å². The number of halogens is 3. The molecule has 0 aliphatic carbocycles. The highest BCUT2D eigenvalue weighted by Gasteiger charge is 2.22. The molecule has 1 aromatic heterocycles. The van der Waals surface area contributed by atoms with Gasteiger partial charge in [-0.2, -0.15) is 0 Å². The average Bonchev–Trinajstić information content (AvgIpc) is 3.19. The third kappa shape index (κ3) is 4.90. The summed E-state index contributed by atoms with van der Waals surface area (Å²) < 4.78 is 51.5. The molecule has 0 saturated carbocycles. The Morgan fingerprint density at radius 3 is 2.30 bits per heavy atom. The maximum absolute atomic E-state index is 13.2. The van der Waals surface area contributed by atoms with Gasteiger partial charge >= 0.3 is 5.97 Å². The highest BCUT2D eigenvalue weighted by atomic mass is 79.9. The van der Waals surface area contributed by atoms with Gasteiger partial charge in [0.05, 0.1) is 18.7 Å². The van der Waals surface area contributed by atoms with Gasteiger partial charge in [-0.05, 0) is 86.5 Å². The second kappa shape index (κ2) is 9.16. The van der Waals surface area contributed by atoms with E-state index in [4.69, 9.17) is 14.6 Å². The molecule has 0 saturated heterocycles. The Bertz CT molecular complexity index is 1450. The van der Waals surface area contributed by atoms with Crippen molar-refractivity contribution >= 4 is 58.6 Å². The number of carbonyl (C=O) groups is 1. The zero-order valence-electron chi connectivity index (χ0n) is 16.5. The van der Waals surface area contributed by atoms with Crippen LogP contribution in [0.1, 0.15) is 0 Å². The predicted molar refractivity (Wildman–Crippen MR) is 125 cm³/mol. The Morgan fingerprint density at radius 2 is 1.67 bits per heavy atom. The molecular weight excluding hydrogens is 585 g/mol. The Morgan fingerprint density at radius 1 is 1.00 bits per heavy atom. The molecule has 0 aliphatic rings. The SMILES string of the molecule is O=C(O)COc1cc(Br)c(Oc2ccc3[nH]cc(S(=O)(=O)c4ccc(F)cc4)c3c2)c(Br)c1. The van der Waals surface area contributed by atoms with Crippen LogP contribution in [0.3, 0.4) is 0 Å². The van der Waals surface area contributed by atoms with Gasteiger partial charge in [-0.3, -0.25) is 0 Å². The largest absolute Gasteiger partial charge is 0.482 e. The molecule has 0 bridgehead atoms. The van der Waals surface area contributed by atoms with Crippen molar-refractivity contribution in [2.45, 2.75) is 9.79 Å². The van der Waals surface area contributed by atoms with Crippen LogP contribution in [0.5, 0.6) is 17.2 Å². The summed E-state index contributed by atoms with van der Waals surface area (Å²) in [5.41, 5.74) is 0.582. The van der Waals surface area contributed by atoms with Crippen molar-refractivity contribution < 1.29 is 32.2 Å². The van der Waals surface area contributed by atoms with Crippen LogP contribution in [0, 0.1) is 5.82 Å². The van der Waals surface area contributed by atoms with E-state index in [-0.39, 0.29) is 9.79 Å². The average molecular weight is 599 g/mol. The van der Waals surface area contributed by atoms with E-state index in [0.29, 0.717) is 37.1 Å². The number of carboxylic acid groups (broad SMARTS) is 1. The highest BCUT2D eigenvalue weighted by molar-refractivity contribution is 9.11. The van der Waals surface area contributed by atoms with E-state index in [2.05, 4.69) is 36.8 Å². The van der Waals surface area contributed by atoms with Crippen LogP contribution in [0.2, 0.25) is 0 Å². The fraction of sp³-hybridized carbons (Fsp3) is 0.0455. The van der Waals surface area contributed by atoms with Crippen molar-refractivity contribution in [3.8, 4) is 17.2 Å². The molecule has 33 heavy (non-hydrogen) atoms. The summed E-state index contributed by atoms with van der Waals surface area (Å²) in [6.45, 7) is -0.492. The minimum absolute atomic E-state index is 0.0291. The van der Waals surface area contributed by atoms with Gasteiger partial charge in [0.25, 0.3) is 0 Å². The number of carboxylic acids is 1. The van der Waals surface area contributed by atoms with Gasteiger partial charge in [-0.15, -0.1) is 0 Å². The number of sulfone groups is 1. The van der Waals surface area contributed by atoms with Gasteiger partial charge in [0.1, 0.15) is 17.3 Å². The van der Waals surface area contributed by atoms with Gasteiger partial charge in [0, 0.05) is 17.1 Å². The Labute approximate surface area is 204 Å². The summed E-state index contributed by atoms with van der Waals surface area (Å²) in [5, 5.41) is 9.17. The highest BCUT2D eigenvalue weighted by Crippen LogP contribution is 2.41. The monoisotopic (exact) mass is 597 g/mol. The molecule has 1 heterocycles. The minimum Gasteiger partial charge on any atom is -0.482 e. The smallest absolute Gasteiger partial charge is 0.341 e. The number of aliphatic carboxylic acids is 1. The number of fused-ring (bicyclic) bond motifs is 1. The van der Waals surface area contributed by atoms with Crippen molar-refractivity contribution in [1.29, 1.82) is 0 Å². The lowest BCUT2D eigenvalue weighted by molar-refractivity contribution is -0.139. The number of aromatic nitrogens is 1. The first-order chi connectivity index (χ1) is 15.6. The molecular formula is C22H14Br2FNO6S. The first kappa shape index (κ1) is 23.3. The van der Waals surface area contributed by atoms with Crippen LogP contribution in [0.15, 0.2) is 79.5 Å². The summed E-state index contributed by atoms with van der Waals surface area (Å²) in [7, 11) is -3.90. The number of rotatable bonds is 7. The van der Waals surface area contributed by atoms with Crippen LogP contribution < -0.4 is 9.47 Å². The number of hydrogen-bond donors (Lipinski definition) is 2. The molecule has 7 nitrogen and oxygen atoms in total. The normalized spacial score (nSPS) is 11.5. The molecule has 0 radical (unpaired) electrons. The molecule has 0 spiro atoms. The first-order valence-corrected chi connectivity index (χ1v) is 12.4. The van der Waals surface area contributed by atoms with Crippen LogP contribution in [-0.2, 0) is 14.6 Å². The van der Waals surface area contributed by atoms with Crippen molar-refractivity contribution in [3.63, 3.8) is 0 Å². The second-order valence-corrected chi connectivity index (χ2v) is 10.4. The Hall–Kier alpha value is -2.89. The summed E-state index contributed by atoms with van der Waals surface area (Å²) in [6, 6.07) is 12.7. The third-order valence-corrected chi connectivity index (χ3v) is 7.57. The zero-order chi connectivity index (χ0) is 23.8. The Balaban J connectivity index is 1.68. The molecule has 4 rings (SSSR count). The summed E-state index contributed by atoms with van der Waals surface area (Å²) >= 11 is 6.74. The molecule has 0 fully saturated rings. The topological polar surface area (TPSA) is 106 Å². The number of hydrogen-bond acceptors (Lipinski definition) is 5. The van der Waals surface area contributed by atoms with Gasteiger partial charge in [-0.1, -0.05) is 0 Å². The standard InChI is InChI=1S/C22H14Br2FNO6S/c23-17-8-14(31-11-21(27)28)9-18(24)22(17)32-13-3-6-19-16(7-13)20(10-26-19)33(29,30)15-4-1-12(25)2-5-15/h1-10,26H,11H2,(H,27,28). The molecule has 4 aromatic rings. The van der Waals surface area contributed by atoms with Crippen LogP contribution in [-0.4, -0.2) is 31.1 Å². The van der Waals surface area contributed by atoms with E-state index in [9.17, 15) is 17.6 Å². The van der Waals surface area contributed by atoms with Gasteiger partial charge < -0.3 is 19.6 Å². The number of H-pyrrole nitrogens is 1. The van der Waals surface area contributed by atoms with E-state index >= 15 is 0 Å². The predicted octanol–water partition coefficient (Wildman–Crippen LogP) is 5.92. The van der Waals surface area contributed by atoms with E-state index in [1.54, 1.807) is 30.3 Å². The zero-order valence-corrected chi connectivity index (χ0v) is 20.5. The number of benzene rings is 3. The Kier molecular flexibility index (Phi) is 6.46. The summed E-state index contributed by atoms with van der Waals surface area (Å²) in [6.07, 6.45) is 1.38. The van der Waals surface area contributed by atoms with Crippen LogP contribution >= 0.6 is 31.9 Å². The molecule has 3 aromatic carbocycles. The maximum atomic E-state index is 13.2. The van der Waals surface area contributed by atoms with Gasteiger partial charge in [0.15, 0.2) is 12.4 Å². The second-order valence-electron chi connectivity index (χ2n) is 6.82. The van der Waals surface area contributed by atoms with Gasteiger partial charge in [-0.25, -0.2) is 17.6 Å². The van der Waals surface area contributed by atoms with Gasteiger partial charge in [0.2, 0.25) is 9.84 Å². The third-order valence-electron chi connectivity index (χ3n) is 4.58. The molecule has 0 atom stereocenters. The first-order valence-electron chi connectivity index (χ1n) is 9.28. The van der Waals surface area contributed by atoms with Crippen molar-refractivity contribution in [2.75, 3.05) is 6.61 Å². The van der Waals surface area contributed by atoms with Crippen molar-refractivity contribution in [2.24, 2.45) is 0 Å². The summed E-state index contributed by atoms with van der Waals surface area (Å²) in [5.74, 6) is -0.570. The number of nitrogens with one attached hydrogen (secondary N) is 1. The molecule has 11 heteroatoms. The molecule has 0 aliphatic heterocycles. The van der Waals surface area contributed by atoms with E-state index in [1.807, 2.05) is 0 Å². The number of aromatic amines is 1. The molecule has 0 unspecified atom stereocenters. The minimum atomic E-state index is -3.90. The lowest BCUT2D eigenvalue weighted by Crippen LogP contribution is -2.09. The van der Waals surface area contributed by atoms with Crippen LogP contribution in [0.25, 0.3) is 10.9 Å². The maximum Gasteiger partial charge on any atom is 0.341 e. The summed E-state index contributed by atoms with van der Waals surface area (Å²) in [4.78, 5) is 13.6. The lowest BCUT2D eigenvalue weighted by atomic mass is 10.2. The van der Waals surface area contributed by atoms with Crippen molar-refractivity contribution in [3.05, 3.63) is 75.6 Å². The van der Waals surface area contributed by atoms with E-state index in [1.165, 1.54) is 18.3 Å². The van der Waals surface area contributed by atoms with Crippen LogP contribution in [0.4, 0.5) is 4.39 Å². The number of ether oxygens (including phenoxy) is 2. The molecule has 170 valence electrons. The fourth-order valence-corrected chi connectivity index (χ4v) is 5.81. The fourth-order valence-electron chi connectivity index (χ4n) is 3.08. The molecule has 0 amide bonds. The van der Waals surface area contributed by atoms with E-state index < -0.39 is 28.2 Å². The lowest BCUT2D eigenvalue weighted by Gasteiger charge is -2.12. The quantitative estimate of drug-likeness (QED) is 0.256.